The molecule has 1 aromatic carbocycles. The third kappa shape index (κ3) is 2.13. The van der Waals surface area contributed by atoms with Crippen molar-refractivity contribution in [3.8, 4) is 17.2 Å². The minimum absolute atomic E-state index is 0.242. The fourth-order valence-electron chi connectivity index (χ4n) is 1.84. The third-order valence-corrected chi connectivity index (χ3v) is 3.18. The normalized spacial score (nSPS) is 10.9. The van der Waals surface area contributed by atoms with E-state index in [0.717, 1.165) is 11.0 Å². The van der Waals surface area contributed by atoms with E-state index in [1.807, 2.05) is 12.1 Å². The van der Waals surface area contributed by atoms with Crippen molar-refractivity contribution in [2.24, 2.45) is 0 Å². The van der Waals surface area contributed by atoms with Gasteiger partial charge in [0.15, 0.2) is 22.4 Å². The minimum atomic E-state index is 0.242. The molecule has 2 heterocycles. The Balaban J connectivity index is 2.22. The number of ether oxygens (including phenoxy) is 1. The van der Waals surface area contributed by atoms with Gasteiger partial charge in [0.05, 0.1) is 7.11 Å². The number of hydrogen-bond acceptors (Lipinski definition) is 4. The molecule has 0 amide bonds. The van der Waals surface area contributed by atoms with Crippen molar-refractivity contribution in [2.45, 2.75) is 0 Å². The summed E-state index contributed by atoms with van der Waals surface area (Å²) in [6, 6.07) is 7.22. The van der Waals surface area contributed by atoms with Crippen LogP contribution in [0, 0.1) is 0 Å². The molecule has 0 atom stereocenters. The number of aromatic nitrogens is 2. The number of nitrogens with zero attached hydrogens (tertiary/aromatic N) is 2. The van der Waals surface area contributed by atoms with Gasteiger partial charge in [-0.15, -0.1) is 0 Å². The van der Waals surface area contributed by atoms with Crippen LogP contribution in [0.15, 0.2) is 35.0 Å². The molecular formula is C13H8Cl2N2O2. The van der Waals surface area contributed by atoms with Gasteiger partial charge in [0.1, 0.15) is 11.9 Å². The Morgan fingerprint density at radius 3 is 2.79 bits per heavy atom. The second kappa shape index (κ2) is 4.72. The van der Waals surface area contributed by atoms with Crippen LogP contribution in [0.25, 0.3) is 22.4 Å². The first-order valence-corrected chi connectivity index (χ1v) is 6.18. The van der Waals surface area contributed by atoms with Crippen molar-refractivity contribution in [1.29, 1.82) is 0 Å². The zero-order valence-corrected chi connectivity index (χ0v) is 11.4. The lowest BCUT2D eigenvalue weighted by molar-refractivity contribution is 0.411. The van der Waals surface area contributed by atoms with E-state index < -0.39 is 0 Å². The molecule has 0 N–H and O–H groups in total. The highest BCUT2D eigenvalue weighted by molar-refractivity contribution is 6.31. The van der Waals surface area contributed by atoms with E-state index in [4.69, 9.17) is 32.4 Å². The highest BCUT2D eigenvalue weighted by Gasteiger charge is 2.16. The topological polar surface area (TPSA) is 48.2 Å². The van der Waals surface area contributed by atoms with Crippen LogP contribution in [0.4, 0.5) is 0 Å². The summed E-state index contributed by atoms with van der Waals surface area (Å²) in [6.45, 7) is 0. The Bertz CT molecular complexity index is 755. The monoisotopic (exact) mass is 294 g/mol. The van der Waals surface area contributed by atoms with Gasteiger partial charge in [0.25, 0.3) is 0 Å². The van der Waals surface area contributed by atoms with Gasteiger partial charge in [0.2, 0.25) is 0 Å². The van der Waals surface area contributed by atoms with E-state index in [-0.39, 0.29) is 5.15 Å². The molecule has 2 aromatic heterocycles. The van der Waals surface area contributed by atoms with Crippen LogP contribution in [-0.4, -0.2) is 17.1 Å². The molecule has 0 radical (unpaired) electrons. The third-order valence-electron chi connectivity index (χ3n) is 2.68. The van der Waals surface area contributed by atoms with Crippen molar-refractivity contribution in [2.75, 3.05) is 7.11 Å². The maximum Gasteiger partial charge on any atom is 0.185 e. The highest BCUT2D eigenvalue weighted by Crippen LogP contribution is 2.36. The molecule has 0 unspecified atom stereocenters. The lowest BCUT2D eigenvalue weighted by Gasteiger charge is -2.05. The number of methoxy groups -OCH3 is 1. The lowest BCUT2D eigenvalue weighted by atomic mass is 10.2. The maximum absolute atomic E-state index is 5.96. The van der Waals surface area contributed by atoms with E-state index in [9.17, 15) is 0 Å². The molecule has 19 heavy (non-hydrogen) atoms. The fourth-order valence-corrected chi connectivity index (χ4v) is 2.23. The number of fused-ring (bicyclic) bond motifs is 1. The summed E-state index contributed by atoms with van der Waals surface area (Å²) < 4.78 is 10.9. The van der Waals surface area contributed by atoms with Gasteiger partial charge >= 0.3 is 0 Å². The molecule has 0 saturated carbocycles. The van der Waals surface area contributed by atoms with Gasteiger partial charge in [-0.3, -0.25) is 0 Å². The zero-order valence-electron chi connectivity index (χ0n) is 9.85. The summed E-state index contributed by atoms with van der Waals surface area (Å²) in [7, 11) is 1.51. The Labute approximate surface area is 118 Å². The predicted octanol–water partition coefficient (Wildman–Crippen LogP) is 4.21. The second-order valence-corrected chi connectivity index (χ2v) is 4.63. The average Bonchev–Trinajstić information content (AvgIpc) is 2.81. The van der Waals surface area contributed by atoms with E-state index in [1.165, 1.54) is 13.4 Å². The van der Waals surface area contributed by atoms with E-state index in [1.54, 1.807) is 12.1 Å². The standard InChI is InChI=1S/C13H8Cl2N2O2/c1-18-12-11(16-6-17-13(12)15)10-5-7-4-8(14)2-3-9(7)19-10/h2-6H,1H3. The number of rotatable bonds is 2. The first-order valence-electron chi connectivity index (χ1n) is 5.43. The van der Waals surface area contributed by atoms with Crippen LogP contribution in [0.1, 0.15) is 0 Å². The maximum atomic E-state index is 5.96. The Morgan fingerprint density at radius 1 is 1.16 bits per heavy atom. The minimum Gasteiger partial charge on any atom is -0.491 e. The second-order valence-electron chi connectivity index (χ2n) is 3.84. The average molecular weight is 295 g/mol. The Hall–Kier alpha value is -1.78. The summed E-state index contributed by atoms with van der Waals surface area (Å²) in [5, 5.41) is 1.78. The van der Waals surface area contributed by atoms with Crippen LogP contribution in [0.5, 0.6) is 5.75 Å². The lowest BCUT2D eigenvalue weighted by Crippen LogP contribution is -1.93. The predicted molar refractivity (Wildman–Crippen MR) is 73.8 cm³/mol. The number of benzene rings is 1. The molecule has 6 heteroatoms. The quantitative estimate of drug-likeness (QED) is 0.665. The molecule has 3 rings (SSSR count). The summed E-state index contributed by atoms with van der Waals surface area (Å²) >= 11 is 11.9. The van der Waals surface area contributed by atoms with Gasteiger partial charge < -0.3 is 9.15 Å². The van der Waals surface area contributed by atoms with Gasteiger partial charge in [-0.05, 0) is 24.3 Å². The SMILES string of the molecule is COc1c(Cl)ncnc1-c1cc2cc(Cl)ccc2o1. The Kier molecular flexibility index (Phi) is 3.05. The van der Waals surface area contributed by atoms with Crippen molar-refractivity contribution < 1.29 is 9.15 Å². The van der Waals surface area contributed by atoms with Crippen LogP contribution >= 0.6 is 23.2 Å². The van der Waals surface area contributed by atoms with Crippen LogP contribution in [0.3, 0.4) is 0 Å². The van der Waals surface area contributed by atoms with E-state index in [0.29, 0.717) is 22.2 Å². The zero-order chi connectivity index (χ0) is 13.4. The summed E-state index contributed by atoms with van der Waals surface area (Å²) in [5.41, 5.74) is 1.23. The number of halogens is 2. The van der Waals surface area contributed by atoms with Crippen molar-refractivity contribution >= 4 is 34.2 Å². The van der Waals surface area contributed by atoms with Crippen molar-refractivity contribution in [1.82, 2.24) is 9.97 Å². The smallest absolute Gasteiger partial charge is 0.185 e. The van der Waals surface area contributed by atoms with Crippen molar-refractivity contribution in [3.63, 3.8) is 0 Å². The van der Waals surface area contributed by atoms with Gasteiger partial charge in [0, 0.05) is 10.4 Å². The fraction of sp³-hybridized carbons (Fsp3) is 0.0769. The van der Waals surface area contributed by atoms with Gasteiger partial charge in [-0.25, -0.2) is 9.97 Å². The van der Waals surface area contributed by atoms with Crippen LogP contribution in [-0.2, 0) is 0 Å². The van der Waals surface area contributed by atoms with Crippen LogP contribution in [0.2, 0.25) is 10.2 Å². The molecule has 96 valence electrons. The molecule has 0 aliphatic heterocycles. The molecule has 3 aromatic rings. The van der Waals surface area contributed by atoms with E-state index >= 15 is 0 Å². The molecule has 0 spiro atoms. The molecule has 0 fully saturated rings. The largest absolute Gasteiger partial charge is 0.491 e. The van der Waals surface area contributed by atoms with E-state index in [2.05, 4.69) is 9.97 Å². The number of hydrogen-bond donors (Lipinski definition) is 0. The summed E-state index contributed by atoms with van der Waals surface area (Å²) in [5.74, 6) is 0.938. The Morgan fingerprint density at radius 2 is 2.00 bits per heavy atom. The molecule has 4 nitrogen and oxygen atoms in total. The summed E-state index contributed by atoms with van der Waals surface area (Å²) in [6.07, 6.45) is 1.36. The molecule has 0 saturated heterocycles. The first kappa shape index (κ1) is 12.3. The molecule has 0 bridgehead atoms. The first-order chi connectivity index (χ1) is 9.19. The molecule has 0 aliphatic rings. The highest BCUT2D eigenvalue weighted by atomic mass is 35.5. The number of furan rings is 1. The van der Waals surface area contributed by atoms with Gasteiger partial charge in [-0.1, -0.05) is 23.2 Å². The van der Waals surface area contributed by atoms with Crippen LogP contribution < -0.4 is 4.74 Å². The van der Waals surface area contributed by atoms with Crippen molar-refractivity contribution in [3.05, 3.63) is 40.8 Å². The molecule has 0 aliphatic carbocycles. The van der Waals surface area contributed by atoms with Gasteiger partial charge in [-0.2, -0.15) is 0 Å². The molecular weight excluding hydrogens is 287 g/mol. The summed E-state index contributed by atoms with van der Waals surface area (Å²) in [4.78, 5) is 8.02.